The Morgan fingerprint density at radius 2 is 1.81 bits per heavy atom. The first kappa shape index (κ1) is 23.1. The number of hydrogen-bond acceptors (Lipinski definition) is 4. The highest BCUT2D eigenvalue weighted by Crippen LogP contribution is 2.35. The molecule has 0 aromatic rings. The minimum Gasteiger partial charge on any atom is -0.481 e. The molecule has 1 unspecified atom stereocenters. The second-order valence-electron chi connectivity index (χ2n) is 7.92. The van der Waals surface area contributed by atoms with Crippen LogP contribution in [-0.2, 0) is 9.59 Å². The van der Waals surface area contributed by atoms with Crippen molar-refractivity contribution < 1.29 is 24.9 Å². The van der Waals surface area contributed by atoms with E-state index in [4.69, 9.17) is 5.11 Å². The number of carbonyl (C=O) groups is 2. The predicted octanol–water partition coefficient (Wildman–Crippen LogP) is 4.09. The summed E-state index contributed by atoms with van der Waals surface area (Å²) in [5.41, 5.74) is 0. The molecule has 0 amide bonds. The van der Waals surface area contributed by atoms with Crippen LogP contribution in [0.4, 0.5) is 0 Å². The van der Waals surface area contributed by atoms with Crippen LogP contribution in [0.5, 0.6) is 0 Å². The highest BCUT2D eigenvalue weighted by atomic mass is 16.4. The molecular formula is C21H38O5. The van der Waals surface area contributed by atoms with Crippen LogP contribution in [0.25, 0.3) is 0 Å². The number of hydrogen-bond donors (Lipinski definition) is 3. The highest BCUT2D eigenvalue weighted by Gasteiger charge is 2.37. The summed E-state index contributed by atoms with van der Waals surface area (Å²) in [7, 11) is 0. The zero-order valence-electron chi connectivity index (χ0n) is 16.4. The number of carboxylic acids is 1. The van der Waals surface area contributed by atoms with Crippen LogP contribution >= 0.6 is 0 Å². The SMILES string of the molecule is CCCCC[C@H](O)CCC1[C@H](O)CCC(=O)[C@@H]1CCCCCCC(=O)O. The maximum Gasteiger partial charge on any atom is 0.303 e. The largest absolute Gasteiger partial charge is 0.481 e. The summed E-state index contributed by atoms with van der Waals surface area (Å²) in [6.45, 7) is 2.14. The van der Waals surface area contributed by atoms with Gasteiger partial charge in [0.05, 0.1) is 12.2 Å². The van der Waals surface area contributed by atoms with Gasteiger partial charge in [-0.1, -0.05) is 45.4 Å². The van der Waals surface area contributed by atoms with Crippen molar-refractivity contribution in [2.45, 2.75) is 109 Å². The highest BCUT2D eigenvalue weighted by molar-refractivity contribution is 5.82. The third kappa shape index (κ3) is 9.13. The van der Waals surface area contributed by atoms with Crippen molar-refractivity contribution in [2.24, 2.45) is 11.8 Å². The molecule has 5 heteroatoms. The van der Waals surface area contributed by atoms with Crippen molar-refractivity contribution in [3.05, 3.63) is 0 Å². The van der Waals surface area contributed by atoms with Gasteiger partial charge in [0.1, 0.15) is 5.78 Å². The van der Waals surface area contributed by atoms with Gasteiger partial charge < -0.3 is 15.3 Å². The van der Waals surface area contributed by atoms with Crippen LogP contribution in [0.15, 0.2) is 0 Å². The molecule has 0 spiro atoms. The van der Waals surface area contributed by atoms with Gasteiger partial charge in [0.25, 0.3) is 0 Å². The number of aliphatic hydroxyl groups is 2. The van der Waals surface area contributed by atoms with E-state index in [1.807, 2.05) is 0 Å². The van der Waals surface area contributed by atoms with Crippen molar-refractivity contribution in [1.82, 2.24) is 0 Å². The number of unbranched alkanes of at least 4 members (excludes halogenated alkanes) is 5. The lowest BCUT2D eigenvalue weighted by Gasteiger charge is -2.35. The van der Waals surface area contributed by atoms with Crippen molar-refractivity contribution in [3.63, 3.8) is 0 Å². The minimum atomic E-state index is -0.756. The molecule has 1 rings (SSSR count). The Hall–Kier alpha value is -0.940. The Kier molecular flexibility index (Phi) is 11.8. The van der Waals surface area contributed by atoms with Gasteiger partial charge in [-0.15, -0.1) is 0 Å². The number of aliphatic carboxylic acids is 1. The van der Waals surface area contributed by atoms with E-state index < -0.39 is 12.1 Å². The fourth-order valence-corrected chi connectivity index (χ4v) is 4.12. The molecule has 5 nitrogen and oxygen atoms in total. The zero-order chi connectivity index (χ0) is 19.4. The first-order valence-corrected chi connectivity index (χ1v) is 10.6. The molecular weight excluding hydrogens is 332 g/mol. The molecule has 0 aromatic carbocycles. The molecule has 152 valence electrons. The summed E-state index contributed by atoms with van der Waals surface area (Å²) in [5, 5.41) is 29.2. The number of aliphatic hydroxyl groups excluding tert-OH is 2. The maximum atomic E-state index is 12.4. The van der Waals surface area contributed by atoms with E-state index in [9.17, 15) is 19.8 Å². The van der Waals surface area contributed by atoms with Crippen LogP contribution in [0, 0.1) is 11.8 Å². The van der Waals surface area contributed by atoms with Crippen molar-refractivity contribution in [2.75, 3.05) is 0 Å². The molecule has 0 bridgehead atoms. The first-order chi connectivity index (χ1) is 12.5. The van der Waals surface area contributed by atoms with Gasteiger partial charge in [-0.3, -0.25) is 9.59 Å². The summed E-state index contributed by atoms with van der Waals surface area (Å²) in [5.74, 6) is -0.628. The number of carboxylic acid groups (broad SMARTS) is 1. The Balaban J connectivity index is 2.38. The van der Waals surface area contributed by atoms with Crippen molar-refractivity contribution >= 4 is 11.8 Å². The minimum absolute atomic E-state index is 0.0314. The average molecular weight is 371 g/mol. The number of ketones is 1. The maximum absolute atomic E-state index is 12.4. The molecule has 3 N–H and O–H groups in total. The quantitative estimate of drug-likeness (QED) is 0.400. The second kappa shape index (κ2) is 13.3. The van der Waals surface area contributed by atoms with Crippen LogP contribution in [-0.4, -0.2) is 39.3 Å². The lowest BCUT2D eigenvalue weighted by molar-refractivity contribution is -0.137. The fourth-order valence-electron chi connectivity index (χ4n) is 4.12. The lowest BCUT2D eigenvalue weighted by atomic mass is 9.71. The van der Waals surface area contributed by atoms with Crippen molar-refractivity contribution in [1.29, 1.82) is 0 Å². The van der Waals surface area contributed by atoms with Crippen molar-refractivity contribution in [3.8, 4) is 0 Å². The van der Waals surface area contributed by atoms with E-state index in [1.54, 1.807) is 0 Å². The molecule has 4 atom stereocenters. The Morgan fingerprint density at radius 1 is 1.08 bits per heavy atom. The van der Waals surface area contributed by atoms with Crippen LogP contribution < -0.4 is 0 Å². The topological polar surface area (TPSA) is 94.8 Å². The zero-order valence-corrected chi connectivity index (χ0v) is 16.4. The van der Waals surface area contributed by atoms with E-state index in [0.717, 1.165) is 51.4 Å². The lowest BCUT2D eigenvalue weighted by Crippen LogP contribution is -2.38. The van der Waals surface area contributed by atoms with E-state index in [2.05, 4.69) is 6.92 Å². The van der Waals surface area contributed by atoms with E-state index >= 15 is 0 Å². The number of rotatable bonds is 14. The van der Waals surface area contributed by atoms with Crippen LogP contribution in [0.3, 0.4) is 0 Å². The van der Waals surface area contributed by atoms with Gasteiger partial charge in [0.2, 0.25) is 0 Å². The number of Topliss-reactive ketones (excluding diaryl/α,β-unsaturated/α-hetero) is 1. The van der Waals surface area contributed by atoms with Gasteiger partial charge in [-0.25, -0.2) is 0 Å². The monoisotopic (exact) mass is 370 g/mol. The fraction of sp³-hybridized carbons (Fsp3) is 0.905. The second-order valence-corrected chi connectivity index (χ2v) is 7.92. The summed E-state index contributed by atoms with van der Waals surface area (Å²) in [6, 6.07) is 0. The van der Waals surface area contributed by atoms with Gasteiger partial charge in [0.15, 0.2) is 0 Å². The molecule has 0 heterocycles. The molecule has 26 heavy (non-hydrogen) atoms. The van der Waals surface area contributed by atoms with Gasteiger partial charge >= 0.3 is 5.97 Å². The summed E-state index contributed by atoms with van der Waals surface area (Å²) in [4.78, 5) is 22.9. The standard InChI is InChI=1S/C21H38O5/c1-2-3-6-9-16(22)12-13-18-17(19(23)14-15-20(18)24)10-7-4-5-8-11-21(25)26/h16-18,20,22,24H,2-15H2,1H3,(H,25,26)/t16-,17+,18?,20+/m0/s1. The third-order valence-electron chi connectivity index (χ3n) is 5.74. The average Bonchev–Trinajstić information content (AvgIpc) is 2.59. The smallest absolute Gasteiger partial charge is 0.303 e. The molecule has 1 saturated carbocycles. The van der Waals surface area contributed by atoms with E-state index in [1.165, 1.54) is 0 Å². The van der Waals surface area contributed by atoms with Gasteiger partial charge in [0, 0.05) is 18.8 Å². The van der Waals surface area contributed by atoms with Crippen LogP contribution in [0.1, 0.15) is 96.8 Å². The predicted molar refractivity (Wildman–Crippen MR) is 102 cm³/mol. The van der Waals surface area contributed by atoms with E-state index in [-0.39, 0.29) is 30.1 Å². The number of carbonyl (C=O) groups excluding carboxylic acids is 1. The summed E-state index contributed by atoms with van der Waals surface area (Å²) >= 11 is 0. The summed E-state index contributed by atoms with van der Waals surface area (Å²) < 4.78 is 0. The summed E-state index contributed by atoms with van der Waals surface area (Å²) in [6.07, 6.45) is 10.1. The van der Waals surface area contributed by atoms with Gasteiger partial charge in [-0.2, -0.15) is 0 Å². The normalized spacial score (nSPS) is 24.6. The first-order valence-electron chi connectivity index (χ1n) is 10.6. The molecule has 1 aliphatic carbocycles. The molecule has 1 aliphatic rings. The Morgan fingerprint density at radius 3 is 2.50 bits per heavy atom. The van der Waals surface area contributed by atoms with Crippen LogP contribution in [0.2, 0.25) is 0 Å². The Labute approximate surface area is 158 Å². The van der Waals surface area contributed by atoms with Gasteiger partial charge in [-0.05, 0) is 44.4 Å². The third-order valence-corrected chi connectivity index (χ3v) is 5.74. The molecule has 0 saturated heterocycles. The molecule has 1 fully saturated rings. The molecule has 0 aromatic heterocycles. The Bertz CT molecular complexity index is 409. The van der Waals surface area contributed by atoms with E-state index in [0.29, 0.717) is 32.1 Å². The molecule has 0 radical (unpaired) electrons. The molecule has 0 aliphatic heterocycles.